The summed E-state index contributed by atoms with van der Waals surface area (Å²) in [4.78, 5) is 18.7. The van der Waals surface area contributed by atoms with Crippen molar-refractivity contribution in [3.05, 3.63) is 30.2 Å². The van der Waals surface area contributed by atoms with Crippen LogP contribution < -0.4 is 5.32 Å². The summed E-state index contributed by atoms with van der Waals surface area (Å²) in [5, 5.41) is 5.10. The van der Waals surface area contributed by atoms with Gasteiger partial charge in [-0.2, -0.15) is 0 Å². The number of anilines is 2. The maximum atomic E-state index is 4.85. The second-order valence-electron chi connectivity index (χ2n) is 10.5. The average Bonchev–Trinajstić information content (AvgIpc) is 3.50. The van der Waals surface area contributed by atoms with Crippen LogP contribution in [0.25, 0.3) is 11.0 Å². The summed E-state index contributed by atoms with van der Waals surface area (Å²) in [6.45, 7) is 14.1. The summed E-state index contributed by atoms with van der Waals surface area (Å²) in [6.07, 6.45) is 12.7. The van der Waals surface area contributed by atoms with E-state index in [1.54, 1.807) is 0 Å². The van der Waals surface area contributed by atoms with Gasteiger partial charge in [-0.3, -0.25) is 0 Å². The Kier molecular flexibility index (Phi) is 7.87. The molecule has 6 nitrogen and oxygen atoms in total. The highest BCUT2D eigenvalue weighted by Gasteiger charge is 2.41. The zero-order chi connectivity index (χ0) is 25.2. The van der Waals surface area contributed by atoms with Gasteiger partial charge in [0.25, 0.3) is 0 Å². The van der Waals surface area contributed by atoms with Gasteiger partial charge in [-0.15, -0.1) is 5.54 Å². The Morgan fingerprint density at radius 2 is 1.71 bits per heavy atom. The summed E-state index contributed by atoms with van der Waals surface area (Å²) in [5.74, 6) is 5.17. The molecule has 0 radical (unpaired) electrons. The fraction of sp³-hybridized carbons (Fsp3) is 0.556. The highest BCUT2D eigenvalue weighted by molar-refractivity contribution is 7.98. The topological polar surface area (TPSA) is 68.5 Å². The number of nitrogens with one attached hydrogen (secondary N) is 1. The van der Waals surface area contributed by atoms with Crippen LogP contribution in [0.15, 0.2) is 29.8 Å². The van der Waals surface area contributed by atoms with Gasteiger partial charge in [0.15, 0.2) is 10.8 Å². The smallest absolute Gasteiger partial charge is 0.208 e. The summed E-state index contributed by atoms with van der Waals surface area (Å²) < 4.78 is 2.26. The van der Waals surface area contributed by atoms with E-state index in [1.807, 2.05) is 24.7 Å². The maximum absolute atomic E-state index is 4.85. The third kappa shape index (κ3) is 5.12. The van der Waals surface area contributed by atoms with E-state index in [0.717, 1.165) is 22.7 Å². The van der Waals surface area contributed by atoms with E-state index < -0.39 is 8.07 Å². The van der Waals surface area contributed by atoms with Crippen LogP contribution >= 0.6 is 11.8 Å². The molecule has 0 amide bonds. The number of thioether (sulfide) groups is 1. The molecule has 1 N–H and O–H groups in total. The van der Waals surface area contributed by atoms with E-state index in [9.17, 15) is 0 Å². The first kappa shape index (κ1) is 25.7. The third-order valence-electron chi connectivity index (χ3n) is 7.63. The molecule has 1 aliphatic carbocycles. The Bertz CT molecular complexity index is 1210. The molecule has 0 unspecified atom stereocenters. The van der Waals surface area contributed by atoms with Gasteiger partial charge in [0.1, 0.15) is 13.9 Å². The van der Waals surface area contributed by atoms with E-state index in [0.29, 0.717) is 33.5 Å². The zero-order valence-corrected chi connectivity index (χ0v) is 23.9. The van der Waals surface area contributed by atoms with Gasteiger partial charge in [0, 0.05) is 30.2 Å². The Morgan fingerprint density at radius 1 is 1.03 bits per heavy atom. The fourth-order valence-electron chi connectivity index (χ4n) is 5.87. The predicted octanol–water partition coefficient (Wildman–Crippen LogP) is 7.37. The molecule has 0 spiro atoms. The SMILES string of the molecule is CSc1ncc2c(C#C[Si](C(C)C)(C(C)C)C(C)C)cc(Nc3nccn3C3CCCC3)nc2n1. The van der Waals surface area contributed by atoms with Crippen molar-refractivity contribution in [3.63, 3.8) is 0 Å². The van der Waals surface area contributed by atoms with Crippen molar-refractivity contribution in [2.75, 3.05) is 11.6 Å². The minimum Gasteiger partial charge on any atom is -0.314 e. The molecule has 0 aromatic carbocycles. The fourth-order valence-corrected chi connectivity index (χ4v) is 11.4. The van der Waals surface area contributed by atoms with E-state index in [-0.39, 0.29) is 0 Å². The molecule has 1 fully saturated rings. The Morgan fingerprint density at radius 3 is 2.34 bits per heavy atom. The van der Waals surface area contributed by atoms with Gasteiger partial charge in [-0.05, 0) is 41.8 Å². The molecule has 0 aliphatic heterocycles. The van der Waals surface area contributed by atoms with Crippen molar-refractivity contribution in [2.45, 2.75) is 95.0 Å². The second kappa shape index (κ2) is 10.7. The van der Waals surface area contributed by atoms with Crippen molar-refractivity contribution in [1.29, 1.82) is 0 Å². The Hall–Kier alpha value is -2.37. The first-order chi connectivity index (χ1) is 16.8. The normalized spacial score (nSPS) is 14.8. The van der Waals surface area contributed by atoms with E-state index in [1.165, 1.54) is 37.4 Å². The van der Waals surface area contributed by atoms with E-state index in [4.69, 9.17) is 9.97 Å². The van der Waals surface area contributed by atoms with Crippen LogP contribution in [0.3, 0.4) is 0 Å². The standard InChI is InChI=1S/C27H38N6SSi/c1-18(2)35(19(3)4,20(5)6)15-12-21-16-24(30-25-23(21)17-29-27(32-25)34-7)31-26-28-13-14-33(26)22-10-8-9-11-22/h13-14,16-20,22H,8-11H2,1-7H3,(H,28,29,30,31,32). The van der Waals surface area contributed by atoms with E-state index in [2.05, 4.69) is 79.1 Å². The van der Waals surface area contributed by atoms with Crippen LogP contribution in [-0.2, 0) is 0 Å². The molecule has 3 aromatic rings. The summed E-state index contributed by atoms with van der Waals surface area (Å²) >= 11 is 1.52. The molecule has 1 saturated carbocycles. The first-order valence-electron chi connectivity index (χ1n) is 12.8. The van der Waals surface area contributed by atoms with Crippen LogP contribution in [0, 0.1) is 11.5 Å². The first-order valence-corrected chi connectivity index (χ1v) is 16.3. The molecule has 0 saturated heterocycles. The maximum Gasteiger partial charge on any atom is 0.208 e. The van der Waals surface area contributed by atoms with Gasteiger partial charge in [0.2, 0.25) is 5.95 Å². The molecule has 3 aromatic heterocycles. The Balaban J connectivity index is 1.81. The average molecular weight is 507 g/mol. The lowest BCUT2D eigenvalue weighted by atomic mass is 10.2. The number of rotatable bonds is 7. The van der Waals surface area contributed by atoms with Crippen LogP contribution in [-0.4, -0.2) is 38.8 Å². The number of pyridine rings is 1. The van der Waals surface area contributed by atoms with Crippen LogP contribution in [0.1, 0.15) is 78.8 Å². The molecule has 1 aliphatic rings. The van der Waals surface area contributed by atoms with Crippen LogP contribution in [0.4, 0.5) is 11.8 Å². The van der Waals surface area contributed by atoms with Gasteiger partial charge in [-0.25, -0.2) is 19.9 Å². The van der Waals surface area contributed by atoms with Gasteiger partial charge >= 0.3 is 0 Å². The minimum atomic E-state index is -1.89. The van der Waals surface area contributed by atoms with Crippen molar-refractivity contribution in [2.24, 2.45) is 0 Å². The lowest BCUT2D eigenvalue weighted by Gasteiger charge is -2.38. The van der Waals surface area contributed by atoms with Gasteiger partial charge < -0.3 is 9.88 Å². The molecule has 4 rings (SSSR count). The monoisotopic (exact) mass is 506 g/mol. The number of hydrogen-bond acceptors (Lipinski definition) is 6. The predicted molar refractivity (Wildman–Crippen MR) is 150 cm³/mol. The van der Waals surface area contributed by atoms with E-state index >= 15 is 0 Å². The lowest BCUT2D eigenvalue weighted by molar-refractivity contribution is 0.524. The molecular weight excluding hydrogens is 468 g/mol. The molecule has 3 heterocycles. The second-order valence-corrected chi connectivity index (χ2v) is 16.9. The minimum absolute atomic E-state index is 0.500. The highest BCUT2D eigenvalue weighted by Crippen LogP contribution is 2.41. The number of aromatic nitrogens is 5. The molecule has 35 heavy (non-hydrogen) atoms. The van der Waals surface area contributed by atoms with Gasteiger partial charge in [0.05, 0.1) is 5.39 Å². The highest BCUT2D eigenvalue weighted by atomic mass is 32.2. The number of imidazole rings is 1. The lowest BCUT2D eigenvalue weighted by Crippen LogP contribution is -2.43. The number of hydrogen-bond donors (Lipinski definition) is 1. The summed E-state index contributed by atoms with van der Waals surface area (Å²) in [5.41, 5.74) is 7.17. The summed E-state index contributed by atoms with van der Waals surface area (Å²) in [7, 11) is -1.89. The summed E-state index contributed by atoms with van der Waals surface area (Å²) in [6, 6.07) is 2.55. The van der Waals surface area contributed by atoms with Crippen molar-refractivity contribution >= 4 is 42.6 Å². The molecule has 0 atom stereocenters. The van der Waals surface area contributed by atoms with Crippen LogP contribution in [0.5, 0.6) is 0 Å². The number of fused-ring (bicyclic) bond motifs is 1. The van der Waals surface area contributed by atoms with Crippen molar-refractivity contribution in [3.8, 4) is 11.5 Å². The van der Waals surface area contributed by atoms with Gasteiger partial charge in [-0.1, -0.05) is 72.1 Å². The molecule has 186 valence electrons. The Labute approximate surface area is 215 Å². The molecular formula is C27H38N6SSi. The quantitative estimate of drug-likeness (QED) is 0.156. The molecule has 8 heteroatoms. The number of nitrogens with zero attached hydrogens (tertiary/aromatic N) is 5. The third-order valence-corrected chi connectivity index (χ3v) is 14.5. The zero-order valence-electron chi connectivity index (χ0n) is 22.1. The van der Waals surface area contributed by atoms with Crippen molar-refractivity contribution < 1.29 is 0 Å². The van der Waals surface area contributed by atoms with Crippen LogP contribution in [0.2, 0.25) is 16.6 Å². The molecule has 0 bridgehead atoms. The van der Waals surface area contributed by atoms with Crippen molar-refractivity contribution in [1.82, 2.24) is 24.5 Å². The largest absolute Gasteiger partial charge is 0.314 e.